The zero-order valence-corrected chi connectivity index (χ0v) is 12.1. The van der Waals surface area contributed by atoms with Gasteiger partial charge in [-0.25, -0.2) is 8.91 Å². The fraction of sp³-hybridized carbons (Fsp3) is 0.188. The lowest BCUT2D eigenvalue weighted by Gasteiger charge is -2.24. The number of ether oxygens (including phenoxy) is 1. The second-order valence-electron chi connectivity index (χ2n) is 5.30. The first-order valence-electron chi connectivity index (χ1n) is 7.25. The molecule has 1 atom stereocenters. The third-order valence-corrected chi connectivity index (χ3v) is 3.80. The van der Waals surface area contributed by atoms with Crippen molar-refractivity contribution in [2.75, 3.05) is 11.9 Å². The molecule has 6 nitrogen and oxygen atoms in total. The van der Waals surface area contributed by atoms with Crippen LogP contribution in [0.3, 0.4) is 0 Å². The number of carbonyl (C=O) groups is 1. The minimum Gasteiger partial charge on any atom is -0.493 e. The first kappa shape index (κ1) is 13.7. The Morgan fingerprint density at radius 1 is 1.30 bits per heavy atom. The van der Waals surface area contributed by atoms with Crippen molar-refractivity contribution >= 4 is 17.5 Å². The Bertz CT molecular complexity index is 893. The van der Waals surface area contributed by atoms with Crippen molar-refractivity contribution in [1.29, 1.82) is 0 Å². The van der Waals surface area contributed by atoms with E-state index in [1.54, 1.807) is 0 Å². The summed E-state index contributed by atoms with van der Waals surface area (Å²) >= 11 is 0. The van der Waals surface area contributed by atoms with Crippen LogP contribution in [-0.4, -0.2) is 27.1 Å². The summed E-state index contributed by atoms with van der Waals surface area (Å²) in [5.41, 5.74) is 1.32. The molecule has 1 aliphatic heterocycles. The smallest absolute Gasteiger partial charge is 0.249 e. The first-order chi connectivity index (χ1) is 11.2. The van der Waals surface area contributed by atoms with Gasteiger partial charge >= 0.3 is 0 Å². The minimum absolute atomic E-state index is 0.157. The van der Waals surface area contributed by atoms with Crippen LogP contribution in [0, 0.1) is 5.82 Å². The van der Waals surface area contributed by atoms with Crippen LogP contribution in [0.25, 0.3) is 5.65 Å². The van der Waals surface area contributed by atoms with Crippen molar-refractivity contribution in [2.45, 2.75) is 12.3 Å². The third-order valence-electron chi connectivity index (χ3n) is 3.80. The number of fused-ring (bicyclic) bond motifs is 2. The number of hydrogen-bond acceptors (Lipinski definition) is 4. The van der Waals surface area contributed by atoms with Gasteiger partial charge in [0, 0.05) is 5.56 Å². The molecule has 0 bridgehead atoms. The first-order valence-corrected chi connectivity index (χ1v) is 7.25. The number of pyridine rings is 1. The quantitative estimate of drug-likeness (QED) is 0.789. The predicted octanol–water partition coefficient (Wildman–Crippen LogP) is 2.37. The van der Waals surface area contributed by atoms with E-state index in [1.165, 1.54) is 22.8 Å². The number of nitrogens with zero attached hydrogens (tertiary/aromatic N) is 3. The van der Waals surface area contributed by atoms with Crippen molar-refractivity contribution in [1.82, 2.24) is 14.6 Å². The number of rotatable bonds is 2. The minimum atomic E-state index is -0.418. The highest BCUT2D eigenvalue weighted by Gasteiger charge is 2.28. The number of halogens is 1. The summed E-state index contributed by atoms with van der Waals surface area (Å²) in [4.78, 5) is 16.7. The fourth-order valence-corrected chi connectivity index (χ4v) is 2.72. The van der Waals surface area contributed by atoms with E-state index in [0.717, 1.165) is 11.3 Å². The van der Waals surface area contributed by atoms with E-state index < -0.39 is 5.82 Å². The highest BCUT2D eigenvalue weighted by molar-refractivity contribution is 5.95. The molecule has 0 radical (unpaired) electrons. The molecular formula is C16H13FN4O2. The van der Waals surface area contributed by atoms with Gasteiger partial charge in [0.15, 0.2) is 5.65 Å². The normalized spacial score (nSPS) is 16.7. The average Bonchev–Trinajstić information content (AvgIpc) is 2.95. The topological polar surface area (TPSA) is 68.5 Å². The zero-order chi connectivity index (χ0) is 15.8. The number of aromatic nitrogens is 3. The molecule has 0 fully saturated rings. The van der Waals surface area contributed by atoms with Gasteiger partial charge in [0.2, 0.25) is 11.9 Å². The van der Waals surface area contributed by atoms with Crippen LogP contribution < -0.4 is 10.1 Å². The van der Waals surface area contributed by atoms with Crippen molar-refractivity contribution < 1.29 is 13.9 Å². The number of anilines is 1. The van der Waals surface area contributed by atoms with Crippen molar-refractivity contribution in [3.8, 4) is 5.75 Å². The van der Waals surface area contributed by atoms with E-state index in [9.17, 15) is 9.18 Å². The predicted molar refractivity (Wildman–Crippen MR) is 80.9 cm³/mol. The van der Waals surface area contributed by atoms with Crippen LogP contribution in [0.1, 0.15) is 17.9 Å². The van der Waals surface area contributed by atoms with Crippen LogP contribution >= 0.6 is 0 Å². The van der Waals surface area contributed by atoms with Crippen LogP contribution in [0.2, 0.25) is 0 Å². The van der Waals surface area contributed by atoms with Gasteiger partial charge < -0.3 is 4.74 Å². The molecule has 2 aromatic heterocycles. The van der Waals surface area contributed by atoms with Gasteiger partial charge in [-0.05, 0) is 24.6 Å². The highest BCUT2D eigenvalue weighted by atomic mass is 19.1. The molecule has 0 aliphatic carbocycles. The maximum Gasteiger partial charge on any atom is 0.249 e. The fourth-order valence-electron chi connectivity index (χ4n) is 2.72. The Hall–Kier alpha value is -2.96. The second-order valence-corrected chi connectivity index (χ2v) is 5.30. The van der Waals surface area contributed by atoms with Crippen LogP contribution in [0.15, 0.2) is 42.6 Å². The molecule has 0 saturated carbocycles. The summed E-state index contributed by atoms with van der Waals surface area (Å²) in [6.07, 6.45) is 1.80. The molecule has 23 heavy (non-hydrogen) atoms. The average molecular weight is 312 g/mol. The number of nitrogens with one attached hydrogen (secondary N) is 1. The SMILES string of the molecule is O=C(Nc1nc2ccc(F)cn2n1)C1CCOc2ccccc21. The maximum atomic E-state index is 13.2. The van der Waals surface area contributed by atoms with E-state index in [-0.39, 0.29) is 17.8 Å². The Balaban J connectivity index is 1.60. The maximum absolute atomic E-state index is 13.2. The van der Waals surface area contributed by atoms with Gasteiger partial charge in [0.25, 0.3) is 0 Å². The molecule has 1 aliphatic rings. The summed E-state index contributed by atoms with van der Waals surface area (Å²) < 4.78 is 20.0. The summed E-state index contributed by atoms with van der Waals surface area (Å²) in [7, 11) is 0. The van der Waals surface area contributed by atoms with Gasteiger partial charge in [-0.1, -0.05) is 18.2 Å². The molecule has 7 heteroatoms. The van der Waals surface area contributed by atoms with Crippen molar-refractivity contribution in [3.05, 3.63) is 54.0 Å². The molecule has 116 valence electrons. The number of benzene rings is 1. The molecule has 4 rings (SSSR count). The van der Waals surface area contributed by atoms with Gasteiger partial charge in [-0.2, -0.15) is 4.98 Å². The standard InChI is InChI=1S/C16H13FN4O2/c17-10-5-6-14-18-16(20-21(14)9-10)19-15(22)12-7-8-23-13-4-2-1-3-11(12)13/h1-6,9,12H,7-8H2,(H,19,20,22). The van der Waals surface area contributed by atoms with Crippen molar-refractivity contribution in [3.63, 3.8) is 0 Å². The van der Waals surface area contributed by atoms with E-state index in [0.29, 0.717) is 18.7 Å². The van der Waals surface area contributed by atoms with Gasteiger partial charge in [0.05, 0.1) is 18.7 Å². The van der Waals surface area contributed by atoms with E-state index in [4.69, 9.17) is 4.74 Å². The number of carbonyl (C=O) groups excluding carboxylic acids is 1. The summed E-state index contributed by atoms with van der Waals surface area (Å²) in [5.74, 6) is -0.0486. The van der Waals surface area contributed by atoms with E-state index in [2.05, 4.69) is 15.4 Å². The Morgan fingerprint density at radius 2 is 2.17 bits per heavy atom. The lowest BCUT2D eigenvalue weighted by Crippen LogP contribution is -2.26. The number of para-hydroxylation sites is 1. The molecule has 1 amide bonds. The Labute approximate surface area is 130 Å². The monoisotopic (exact) mass is 312 g/mol. The second kappa shape index (κ2) is 5.35. The van der Waals surface area contributed by atoms with Gasteiger partial charge in [0.1, 0.15) is 11.6 Å². The summed E-state index contributed by atoms with van der Waals surface area (Å²) in [6, 6.07) is 10.3. The molecule has 1 unspecified atom stereocenters. The lowest BCUT2D eigenvalue weighted by molar-refractivity contribution is -0.118. The highest BCUT2D eigenvalue weighted by Crippen LogP contribution is 2.33. The number of hydrogen-bond donors (Lipinski definition) is 1. The third kappa shape index (κ3) is 2.50. The van der Waals surface area contributed by atoms with E-state index >= 15 is 0 Å². The molecule has 0 saturated heterocycles. The van der Waals surface area contributed by atoms with Crippen LogP contribution in [0.5, 0.6) is 5.75 Å². The summed E-state index contributed by atoms with van der Waals surface area (Å²) in [5, 5.41) is 6.77. The lowest BCUT2D eigenvalue weighted by atomic mass is 9.92. The summed E-state index contributed by atoms with van der Waals surface area (Å²) in [6.45, 7) is 0.485. The molecule has 1 aromatic carbocycles. The van der Waals surface area contributed by atoms with Gasteiger partial charge in [-0.3, -0.25) is 10.1 Å². The molecule has 0 spiro atoms. The Morgan fingerprint density at radius 3 is 3.09 bits per heavy atom. The molecule has 3 aromatic rings. The zero-order valence-electron chi connectivity index (χ0n) is 12.1. The van der Waals surface area contributed by atoms with Gasteiger partial charge in [-0.15, -0.1) is 5.10 Å². The van der Waals surface area contributed by atoms with Crippen LogP contribution in [-0.2, 0) is 4.79 Å². The molecular weight excluding hydrogens is 299 g/mol. The number of amides is 1. The van der Waals surface area contributed by atoms with Crippen LogP contribution in [0.4, 0.5) is 10.3 Å². The molecule has 3 heterocycles. The molecule has 1 N–H and O–H groups in total. The largest absolute Gasteiger partial charge is 0.493 e. The van der Waals surface area contributed by atoms with Crippen molar-refractivity contribution in [2.24, 2.45) is 0 Å². The van der Waals surface area contributed by atoms with E-state index in [1.807, 2.05) is 24.3 Å². The Kier molecular flexibility index (Phi) is 3.18.